The van der Waals surface area contributed by atoms with Crippen LogP contribution in [0.25, 0.3) is 0 Å². The molecule has 2 aromatic rings. The van der Waals surface area contributed by atoms with Crippen molar-refractivity contribution >= 4 is 0 Å². The minimum Gasteiger partial charge on any atom is -0.430 e. The van der Waals surface area contributed by atoms with E-state index >= 15 is 0 Å². The molecule has 28 heavy (non-hydrogen) atoms. The van der Waals surface area contributed by atoms with E-state index < -0.39 is 5.97 Å². The second-order valence-corrected chi connectivity index (χ2v) is 7.30. The molecule has 0 aromatic heterocycles. The molecule has 0 heterocycles. The lowest BCUT2D eigenvalue weighted by Gasteiger charge is -2.38. The molecule has 0 bridgehead atoms. The van der Waals surface area contributed by atoms with Gasteiger partial charge >= 0.3 is 5.97 Å². The first-order valence-corrected chi connectivity index (χ1v) is 10.8. The fourth-order valence-electron chi connectivity index (χ4n) is 3.55. The van der Waals surface area contributed by atoms with E-state index in [9.17, 15) is 0 Å². The Morgan fingerprint density at radius 2 is 1.21 bits per heavy atom. The molecule has 0 aliphatic carbocycles. The summed E-state index contributed by atoms with van der Waals surface area (Å²) in [7, 11) is 1.68. The Kier molecular flexibility index (Phi) is 9.92. The number of benzene rings is 2. The zero-order chi connectivity index (χ0) is 20.1. The monoisotopic (exact) mass is 384 g/mol. The van der Waals surface area contributed by atoms with E-state index in [1.54, 1.807) is 7.11 Å². The molecule has 0 saturated carbocycles. The van der Waals surface area contributed by atoms with Gasteiger partial charge in [-0.25, -0.2) is 0 Å². The molecular weight excluding hydrogens is 348 g/mol. The van der Waals surface area contributed by atoms with Gasteiger partial charge in [-0.1, -0.05) is 88.8 Å². The number of hydrogen-bond acceptors (Lipinski definition) is 3. The van der Waals surface area contributed by atoms with Crippen LogP contribution in [0.2, 0.25) is 0 Å². The number of unbranched alkanes of at least 4 members (excludes halogenated alkanes) is 5. The predicted octanol–water partition coefficient (Wildman–Crippen LogP) is 7.22. The van der Waals surface area contributed by atoms with Crippen molar-refractivity contribution in [2.75, 3.05) is 7.11 Å². The van der Waals surface area contributed by atoms with Crippen molar-refractivity contribution < 1.29 is 14.2 Å². The van der Waals surface area contributed by atoms with Crippen molar-refractivity contribution in [3.63, 3.8) is 0 Å². The van der Waals surface area contributed by atoms with Crippen LogP contribution in [0.15, 0.2) is 60.7 Å². The molecule has 154 valence electrons. The Morgan fingerprint density at radius 3 is 1.68 bits per heavy atom. The largest absolute Gasteiger partial charge is 0.430 e. The van der Waals surface area contributed by atoms with Crippen molar-refractivity contribution in [3.8, 4) is 11.5 Å². The van der Waals surface area contributed by atoms with E-state index in [1.165, 1.54) is 32.1 Å². The molecule has 1 unspecified atom stereocenters. The van der Waals surface area contributed by atoms with E-state index in [0.29, 0.717) is 0 Å². The van der Waals surface area contributed by atoms with Gasteiger partial charge in [-0.2, -0.15) is 0 Å². The Bertz CT molecular complexity index is 585. The van der Waals surface area contributed by atoms with Crippen LogP contribution in [0.1, 0.15) is 65.2 Å². The predicted molar refractivity (Wildman–Crippen MR) is 116 cm³/mol. The van der Waals surface area contributed by atoms with Gasteiger partial charge in [0.2, 0.25) is 0 Å². The molecule has 0 N–H and O–H groups in total. The number of hydrogen-bond donors (Lipinski definition) is 0. The zero-order valence-corrected chi connectivity index (χ0v) is 17.7. The molecule has 1 atom stereocenters. The third kappa shape index (κ3) is 6.87. The first-order chi connectivity index (χ1) is 13.7. The van der Waals surface area contributed by atoms with E-state index in [2.05, 4.69) is 13.8 Å². The Labute approximate surface area is 171 Å². The Hall–Kier alpha value is -2.00. The minimum absolute atomic E-state index is 0.129. The summed E-state index contributed by atoms with van der Waals surface area (Å²) in [5.74, 6) is 0.494. The summed E-state index contributed by atoms with van der Waals surface area (Å²) in [5.41, 5.74) is 0. The molecular formula is C25H36O3. The highest BCUT2D eigenvalue weighted by Crippen LogP contribution is 2.34. The number of methoxy groups -OCH3 is 1. The zero-order valence-electron chi connectivity index (χ0n) is 17.7. The molecule has 0 spiro atoms. The quantitative estimate of drug-likeness (QED) is 0.254. The number of ether oxygens (including phenoxy) is 3. The summed E-state index contributed by atoms with van der Waals surface area (Å²) in [6.45, 7) is 4.43. The van der Waals surface area contributed by atoms with E-state index in [0.717, 1.165) is 30.8 Å². The molecule has 2 aromatic carbocycles. The van der Waals surface area contributed by atoms with E-state index in [4.69, 9.17) is 14.2 Å². The summed E-state index contributed by atoms with van der Waals surface area (Å²) < 4.78 is 18.7. The minimum atomic E-state index is -1.14. The molecule has 0 aliphatic heterocycles. The van der Waals surface area contributed by atoms with Crippen LogP contribution in [0.5, 0.6) is 11.5 Å². The lowest BCUT2D eigenvalue weighted by molar-refractivity contribution is -0.321. The van der Waals surface area contributed by atoms with Gasteiger partial charge in [-0.3, -0.25) is 0 Å². The van der Waals surface area contributed by atoms with Crippen LogP contribution in [0, 0.1) is 5.92 Å². The molecule has 2 rings (SSSR count). The highest BCUT2D eigenvalue weighted by atomic mass is 16.9. The van der Waals surface area contributed by atoms with Gasteiger partial charge in [-0.05, 0) is 37.1 Å². The fraction of sp³-hybridized carbons (Fsp3) is 0.520. The van der Waals surface area contributed by atoms with Gasteiger partial charge in [-0.15, -0.1) is 0 Å². The lowest BCUT2D eigenvalue weighted by atomic mass is 9.95. The first-order valence-electron chi connectivity index (χ1n) is 10.8. The van der Waals surface area contributed by atoms with Crippen LogP contribution >= 0.6 is 0 Å². The number of para-hydroxylation sites is 2. The van der Waals surface area contributed by atoms with Crippen LogP contribution in [-0.2, 0) is 4.74 Å². The van der Waals surface area contributed by atoms with Crippen molar-refractivity contribution in [1.29, 1.82) is 0 Å². The lowest BCUT2D eigenvalue weighted by Crippen LogP contribution is -2.51. The standard InChI is InChI=1S/C25H36O3/c1-4-6-7-8-9-12-17-22(5-2)25(26-3,27-23-18-13-10-14-19-23)28-24-20-15-11-16-21-24/h10-11,13-16,18-22H,4-9,12,17H2,1-3H3. The van der Waals surface area contributed by atoms with Crippen molar-refractivity contribution in [2.24, 2.45) is 5.92 Å². The maximum absolute atomic E-state index is 6.36. The van der Waals surface area contributed by atoms with Crippen LogP contribution in [0.3, 0.4) is 0 Å². The second-order valence-electron chi connectivity index (χ2n) is 7.30. The van der Waals surface area contributed by atoms with Crippen molar-refractivity contribution in [3.05, 3.63) is 60.7 Å². The third-order valence-electron chi connectivity index (χ3n) is 5.19. The maximum Gasteiger partial charge on any atom is 0.374 e. The summed E-state index contributed by atoms with van der Waals surface area (Å²) in [6.07, 6.45) is 9.55. The van der Waals surface area contributed by atoms with Gasteiger partial charge in [0.05, 0.1) is 5.92 Å². The number of rotatable bonds is 14. The summed E-state index contributed by atoms with van der Waals surface area (Å²) >= 11 is 0. The van der Waals surface area contributed by atoms with Crippen LogP contribution in [-0.4, -0.2) is 13.1 Å². The average molecular weight is 385 g/mol. The highest BCUT2D eigenvalue weighted by molar-refractivity contribution is 5.24. The normalized spacial score (nSPS) is 12.5. The second kappa shape index (κ2) is 12.5. The van der Waals surface area contributed by atoms with Gasteiger partial charge in [0.25, 0.3) is 0 Å². The highest BCUT2D eigenvalue weighted by Gasteiger charge is 2.43. The molecule has 0 amide bonds. The molecule has 0 radical (unpaired) electrons. The summed E-state index contributed by atoms with van der Waals surface area (Å²) in [6, 6.07) is 19.6. The SMILES string of the molecule is CCCCCCCCC(CC)C(OC)(Oc1ccccc1)Oc1ccccc1. The third-order valence-corrected chi connectivity index (χ3v) is 5.19. The summed E-state index contributed by atoms with van der Waals surface area (Å²) in [4.78, 5) is 0. The van der Waals surface area contributed by atoms with Crippen LogP contribution in [0.4, 0.5) is 0 Å². The molecule has 0 fully saturated rings. The molecule has 3 nitrogen and oxygen atoms in total. The van der Waals surface area contributed by atoms with Gasteiger partial charge < -0.3 is 14.2 Å². The molecule has 0 saturated heterocycles. The summed E-state index contributed by atoms with van der Waals surface area (Å²) in [5, 5.41) is 0. The van der Waals surface area contributed by atoms with E-state index in [1.807, 2.05) is 60.7 Å². The van der Waals surface area contributed by atoms with Crippen molar-refractivity contribution in [1.82, 2.24) is 0 Å². The maximum atomic E-state index is 6.36. The Balaban J connectivity index is 2.14. The molecule has 0 aliphatic rings. The van der Waals surface area contributed by atoms with Gasteiger partial charge in [0.15, 0.2) is 0 Å². The Morgan fingerprint density at radius 1 is 0.714 bits per heavy atom. The van der Waals surface area contributed by atoms with Crippen molar-refractivity contribution in [2.45, 2.75) is 71.2 Å². The smallest absolute Gasteiger partial charge is 0.374 e. The van der Waals surface area contributed by atoms with E-state index in [-0.39, 0.29) is 5.92 Å². The fourth-order valence-corrected chi connectivity index (χ4v) is 3.55. The van der Waals surface area contributed by atoms with Gasteiger partial charge in [0, 0.05) is 7.11 Å². The molecule has 3 heteroatoms. The van der Waals surface area contributed by atoms with Gasteiger partial charge in [0.1, 0.15) is 11.5 Å². The topological polar surface area (TPSA) is 27.7 Å². The average Bonchev–Trinajstić information content (AvgIpc) is 2.74. The van der Waals surface area contributed by atoms with Crippen LogP contribution < -0.4 is 9.47 Å². The first kappa shape index (κ1) is 22.3.